The average Bonchev–Trinajstić information content (AvgIpc) is 3.12. The van der Waals surface area contributed by atoms with Crippen molar-refractivity contribution in [2.24, 2.45) is 0 Å². The SMILES string of the molecule is O=C(O)CN(Cc1ccccc1)C(=O)c1ncn(-c2ccccc2)n1. The molecule has 1 aromatic heterocycles. The van der Waals surface area contributed by atoms with Crippen molar-refractivity contribution in [2.45, 2.75) is 6.54 Å². The van der Waals surface area contributed by atoms with Crippen molar-refractivity contribution in [3.63, 3.8) is 0 Å². The Morgan fingerprint density at radius 2 is 1.64 bits per heavy atom. The minimum Gasteiger partial charge on any atom is -0.480 e. The molecule has 0 saturated heterocycles. The number of carboxylic acids is 1. The topological polar surface area (TPSA) is 88.3 Å². The van der Waals surface area contributed by atoms with Crippen LogP contribution in [0.1, 0.15) is 16.2 Å². The third-order valence-electron chi connectivity index (χ3n) is 3.53. The molecule has 0 atom stereocenters. The van der Waals surface area contributed by atoms with Crippen LogP contribution in [0.4, 0.5) is 0 Å². The third-order valence-corrected chi connectivity index (χ3v) is 3.53. The van der Waals surface area contributed by atoms with Crippen molar-refractivity contribution in [3.05, 3.63) is 78.4 Å². The highest BCUT2D eigenvalue weighted by molar-refractivity contribution is 5.92. The van der Waals surface area contributed by atoms with E-state index in [0.717, 1.165) is 11.3 Å². The van der Waals surface area contributed by atoms with E-state index in [4.69, 9.17) is 5.11 Å². The normalized spacial score (nSPS) is 10.4. The molecule has 126 valence electrons. The fourth-order valence-corrected chi connectivity index (χ4v) is 2.37. The number of benzene rings is 2. The number of carboxylic acid groups (broad SMARTS) is 1. The third kappa shape index (κ3) is 4.08. The molecule has 1 N–H and O–H groups in total. The van der Waals surface area contributed by atoms with Crippen LogP contribution in [0.3, 0.4) is 0 Å². The number of carbonyl (C=O) groups is 2. The second kappa shape index (κ2) is 7.39. The van der Waals surface area contributed by atoms with Crippen molar-refractivity contribution in [2.75, 3.05) is 6.54 Å². The van der Waals surface area contributed by atoms with Gasteiger partial charge in [0, 0.05) is 6.54 Å². The summed E-state index contributed by atoms with van der Waals surface area (Å²) in [7, 11) is 0. The molecule has 7 heteroatoms. The summed E-state index contributed by atoms with van der Waals surface area (Å²) in [5.41, 5.74) is 1.60. The van der Waals surface area contributed by atoms with Crippen LogP contribution in [0.5, 0.6) is 0 Å². The van der Waals surface area contributed by atoms with Crippen molar-refractivity contribution in [1.29, 1.82) is 0 Å². The maximum absolute atomic E-state index is 12.7. The number of amides is 1. The standard InChI is InChI=1S/C18H16N4O3/c23-16(24)12-21(11-14-7-3-1-4-8-14)18(25)17-19-13-22(20-17)15-9-5-2-6-10-15/h1-10,13H,11-12H2,(H,23,24). The summed E-state index contributed by atoms with van der Waals surface area (Å²) >= 11 is 0. The van der Waals surface area contributed by atoms with Gasteiger partial charge in [0.1, 0.15) is 12.9 Å². The lowest BCUT2D eigenvalue weighted by molar-refractivity contribution is -0.137. The summed E-state index contributed by atoms with van der Waals surface area (Å²) in [4.78, 5) is 29.0. The van der Waals surface area contributed by atoms with Gasteiger partial charge < -0.3 is 10.0 Å². The van der Waals surface area contributed by atoms with Gasteiger partial charge in [0.25, 0.3) is 5.91 Å². The predicted molar refractivity (Wildman–Crippen MR) is 90.2 cm³/mol. The number of carbonyl (C=O) groups excluding carboxylic acids is 1. The number of para-hydroxylation sites is 1. The monoisotopic (exact) mass is 336 g/mol. The zero-order valence-corrected chi connectivity index (χ0v) is 13.3. The molecule has 0 saturated carbocycles. The highest BCUT2D eigenvalue weighted by Crippen LogP contribution is 2.10. The van der Waals surface area contributed by atoms with Gasteiger partial charge in [-0.15, -0.1) is 5.10 Å². The molecule has 0 aliphatic rings. The van der Waals surface area contributed by atoms with Gasteiger partial charge in [-0.1, -0.05) is 48.5 Å². The minimum absolute atomic E-state index is 0.0407. The Morgan fingerprint density at radius 3 is 2.28 bits per heavy atom. The molecule has 2 aromatic carbocycles. The van der Waals surface area contributed by atoms with E-state index in [2.05, 4.69) is 10.1 Å². The van der Waals surface area contributed by atoms with E-state index in [9.17, 15) is 9.59 Å². The molecule has 0 spiro atoms. The first kappa shape index (κ1) is 16.4. The lowest BCUT2D eigenvalue weighted by Crippen LogP contribution is -2.35. The van der Waals surface area contributed by atoms with Gasteiger partial charge in [-0.2, -0.15) is 0 Å². The van der Waals surface area contributed by atoms with Crippen LogP contribution in [0.15, 0.2) is 67.0 Å². The lowest BCUT2D eigenvalue weighted by atomic mass is 10.2. The molecule has 0 aliphatic carbocycles. The van der Waals surface area contributed by atoms with Gasteiger partial charge in [0.05, 0.1) is 5.69 Å². The van der Waals surface area contributed by atoms with Gasteiger partial charge in [-0.3, -0.25) is 9.59 Å². The van der Waals surface area contributed by atoms with Gasteiger partial charge in [0.15, 0.2) is 0 Å². The number of hydrogen-bond donors (Lipinski definition) is 1. The molecular formula is C18H16N4O3. The fourth-order valence-electron chi connectivity index (χ4n) is 2.37. The van der Waals surface area contributed by atoms with Crippen LogP contribution >= 0.6 is 0 Å². The first-order valence-electron chi connectivity index (χ1n) is 7.65. The quantitative estimate of drug-likeness (QED) is 0.744. The molecule has 0 aliphatic heterocycles. The fraction of sp³-hybridized carbons (Fsp3) is 0.111. The number of nitrogens with zero attached hydrogens (tertiary/aromatic N) is 4. The van der Waals surface area contributed by atoms with Crippen molar-refractivity contribution >= 4 is 11.9 Å². The average molecular weight is 336 g/mol. The Hall–Kier alpha value is -3.48. The number of hydrogen-bond acceptors (Lipinski definition) is 4. The zero-order valence-electron chi connectivity index (χ0n) is 13.3. The van der Waals surface area contributed by atoms with Crippen LogP contribution in [0.25, 0.3) is 5.69 Å². The summed E-state index contributed by atoms with van der Waals surface area (Å²) in [5, 5.41) is 13.3. The van der Waals surface area contributed by atoms with Gasteiger partial charge in [-0.25, -0.2) is 9.67 Å². The first-order valence-corrected chi connectivity index (χ1v) is 7.65. The summed E-state index contributed by atoms with van der Waals surface area (Å²) in [6.07, 6.45) is 1.43. The zero-order chi connectivity index (χ0) is 17.6. The largest absolute Gasteiger partial charge is 0.480 e. The molecule has 7 nitrogen and oxygen atoms in total. The maximum atomic E-state index is 12.7. The first-order chi connectivity index (χ1) is 12.1. The van der Waals surface area contributed by atoms with Crippen LogP contribution in [0, 0.1) is 0 Å². The smallest absolute Gasteiger partial charge is 0.323 e. The summed E-state index contributed by atoms with van der Waals surface area (Å²) < 4.78 is 1.48. The second-order valence-corrected chi connectivity index (χ2v) is 5.39. The summed E-state index contributed by atoms with van der Waals surface area (Å²) in [6, 6.07) is 18.4. The van der Waals surface area contributed by atoms with Gasteiger partial charge in [-0.05, 0) is 17.7 Å². The Kier molecular flexibility index (Phi) is 4.84. The Morgan fingerprint density at radius 1 is 1.00 bits per heavy atom. The predicted octanol–water partition coefficient (Wildman–Crippen LogP) is 1.99. The minimum atomic E-state index is -1.09. The molecule has 0 bridgehead atoms. The van der Waals surface area contributed by atoms with E-state index in [-0.39, 0.29) is 12.4 Å². The maximum Gasteiger partial charge on any atom is 0.323 e. The van der Waals surface area contributed by atoms with E-state index in [1.807, 2.05) is 60.7 Å². The Labute approximate surface area is 144 Å². The van der Waals surface area contributed by atoms with Crippen molar-refractivity contribution < 1.29 is 14.7 Å². The summed E-state index contributed by atoms with van der Waals surface area (Å²) in [6.45, 7) is -0.251. The Balaban J connectivity index is 1.82. The molecule has 1 heterocycles. The van der Waals surface area contributed by atoms with E-state index < -0.39 is 18.4 Å². The number of aliphatic carboxylic acids is 1. The van der Waals surface area contributed by atoms with Gasteiger partial charge >= 0.3 is 5.97 Å². The van der Waals surface area contributed by atoms with Crippen LogP contribution in [0.2, 0.25) is 0 Å². The molecule has 3 aromatic rings. The van der Waals surface area contributed by atoms with E-state index in [1.54, 1.807) is 0 Å². The van der Waals surface area contributed by atoms with Crippen LogP contribution < -0.4 is 0 Å². The van der Waals surface area contributed by atoms with Crippen LogP contribution in [-0.2, 0) is 11.3 Å². The highest BCUT2D eigenvalue weighted by atomic mass is 16.4. The van der Waals surface area contributed by atoms with E-state index in [0.29, 0.717) is 0 Å². The van der Waals surface area contributed by atoms with E-state index >= 15 is 0 Å². The molecular weight excluding hydrogens is 320 g/mol. The van der Waals surface area contributed by atoms with Gasteiger partial charge in [0.2, 0.25) is 5.82 Å². The molecule has 0 fully saturated rings. The highest BCUT2D eigenvalue weighted by Gasteiger charge is 2.22. The van der Waals surface area contributed by atoms with Crippen molar-refractivity contribution in [3.8, 4) is 5.69 Å². The van der Waals surface area contributed by atoms with E-state index in [1.165, 1.54) is 15.9 Å². The summed E-state index contributed by atoms with van der Waals surface area (Å²) in [5.74, 6) is -1.66. The Bertz CT molecular complexity index is 862. The number of aromatic nitrogens is 3. The van der Waals surface area contributed by atoms with Crippen molar-refractivity contribution in [1.82, 2.24) is 19.7 Å². The molecule has 25 heavy (non-hydrogen) atoms. The molecule has 0 unspecified atom stereocenters. The molecule has 1 amide bonds. The number of rotatable bonds is 6. The molecule has 3 rings (SSSR count). The lowest BCUT2D eigenvalue weighted by Gasteiger charge is -2.19. The second-order valence-electron chi connectivity index (χ2n) is 5.39. The molecule has 0 radical (unpaired) electrons. The van der Waals surface area contributed by atoms with Crippen LogP contribution in [-0.4, -0.2) is 43.2 Å².